The van der Waals surface area contributed by atoms with Gasteiger partial charge in [-0.15, -0.1) is 0 Å². The lowest BCUT2D eigenvalue weighted by Gasteiger charge is -2.36. The van der Waals surface area contributed by atoms with Gasteiger partial charge in [-0.2, -0.15) is 0 Å². The van der Waals surface area contributed by atoms with Crippen molar-refractivity contribution in [2.75, 3.05) is 0 Å². The zero-order valence-electron chi connectivity index (χ0n) is 11.9. The van der Waals surface area contributed by atoms with Gasteiger partial charge in [0.1, 0.15) is 5.54 Å². The number of benzene rings is 1. The Morgan fingerprint density at radius 1 is 1.47 bits per heavy atom. The molecule has 0 unspecified atom stereocenters. The highest BCUT2D eigenvalue weighted by molar-refractivity contribution is 5.85. The first-order valence-corrected chi connectivity index (χ1v) is 7.22. The van der Waals surface area contributed by atoms with E-state index in [2.05, 4.69) is 31.3 Å². The van der Waals surface area contributed by atoms with E-state index in [9.17, 15) is 4.79 Å². The minimum Gasteiger partial charge on any atom is -0.368 e. The summed E-state index contributed by atoms with van der Waals surface area (Å²) < 4.78 is 0. The Hall–Kier alpha value is -1.35. The van der Waals surface area contributed by atoms with E-state index in [1.807, 2.05) is 18.2 Å². The highest BCUT2D eigenvalue weighted by atomic mass is 16.1. The molecule has 0 aromatic heterocycles. The van der Waals surface area contributed by atoms with Gasteiger partial charge in [0.15, 0.2) is 0 Å². The molecule has 3 atom stereocenters. The number of hydrogen-bond donors (Lipinski definition) is 2. The van der Waals surface area contributed by atoms with Crippen LogP contribution in [0.2, 0.25) is 0 Å². The minimum atomic E-state index is -0.524. The maximum Gasteiger partial charge on any atom is 0.238 e. The largest absolute Gasteiger partial charge is 0.368 e. The molecule has 1 amide bonds. The average molecular weight is 260 g/mol. The molecular weight excluding hydrogens is 236 g/mol. The van der Waals surface area contributed by atoms with Gasteiger partial charge in [-0.25, -0.2) is 0 Å². The second-order valence-electron chi connectivity index (χ2n) is 5.61. The summed E-state index contributed by atoms with van der Waals surface area (Å²) in [7, 11) is 0. The van der Waals surface area contributed by atoms with Gasteiger partial charge in [-0.3, -0.25) is 10.1 Å². The fourth-order valence-electron chi connectivity index (χ4n) is 3.43. The van der Waals surface area contributed by atoms with E-state index in [0.29, 0.717) is 5.92 Å². The van der Waals surface area contributed by atoms with Crippen LogP contribution in [0.15, 0.2) is 30.3 Å². The molecule has 0 spiro atoms. The Morgan fingerprint density at radius 3 is 2.74 bits per heavy atom. The quantitative estimate of drug-likeness (QED) is 0.855. The Morgan fingerprint density at radius 2 is 2.16 bits per heavy atom. The van der Waals surface area contributed by atoms with Crippen LogP contribution in [-0.2, 0) is 4.79 Å². The Kier molecular flexibility index (Phi) is 4.25. The number of nitrogens with two attached hydrogens (primary N) is 1. The molecule has 0 radical (unpaired) electrons. The van der Waals surface area contributed by atoms with Crippen LogP contribution in [0.4, 0.5) is 0 Å². The summed E-state index contributed by atoms with van der Waals surface area (Å²) in [6.45, 7) is 4.24. The van der Waals surface area contributed by atoms with E-state index in [1.54, 1.807) is 0 Å². The fraction of sp³-hybridized carbons (Fsp3) is 0.562. The second-order valence-corrected chi connectivity index (χ2v) is 5.61. The summed E-state index contributed by atoms with van der Waals surface area (Å²) >= 11 is 0. The topological polar surface area (TPSA) is 55.1 Å². The van der Waals surface area contributed by atoms with Gasteiger partial charge >= 0.3 is 0 Å². The second kappa shape index (κ2) is 5.74. The molecule has 1 fully saturated rings. The Labute approximate surface area is 115 Å². The molecule has 3 heteroatoms. The molecule has 0 saturated heterocycles. The molecule has 1 saturated carbocycles. The molecule has 2 rings (SSSR count). The molecule has 0 heterocycles. The van der Waals surface area contributed by atoms with Gasteiger partial charge in [0.2, 0.25) is 5.91 Å². The van der Waals surface area contributed by atoms with E-state index < -0.39 is 5.54 Å². The molecule has 3 nitrogen and oxygen atoms in total. The third-order valence-corrected chi connectivity index (χ3v) is 4.53. The average Bonchev–Trinajstić information content (AvgIpc) is 2.83. The predicted molar refractivity (Wildman–Crippen MR) is 77.6 cm³/mol. The van der Waals surface area contributed by atoms with E-state index in [1.165, 1.54) is 5.56 Å². The van der Waals surface area contributed by atoms with Gasteiger partial charge in [0.05, 0.1) is 0 Å². The zero-order valence-corrected chi connectivity index (χ0v) is 11.9. The third kappa shape index (κ3) is 2.66. The summed E-state index contributed by atoms with van der Waals surface area (Å²) in [5, 5.41) is 3.53. The minimum absolute atomic E-state index is 0.140. The molecule has 3 N–H and O–H groups in total. The maximum absolute atomic E-state index is 12.0. The smallest absolute Gasteiger partial charge is 0.238 e. The maximum atomic E-state index is 12.0. The summed E-state index contributed by atoms with van der Waals surface area (Å²) in [5.41, 5.74) is 6.40. The van der Waals surface area contributed by atoms with E-state index in [4.69, 9.17) is 5.73 Å². The van der Waals surface area contributed by atoms with Crippen LogP contribution in [0.1, 0.15) is 51.1 Å². The molecule has 1 aromatic carbocycles. The predicted octanol–water partition coefficient (Wildman–Crippen LogP) is 2.77. The van der Waals surface area contributed by atoms with Crippen molar-refractivity contribution in [2.45, 2.75) is 51.1 Å². The first-order chi connectivity index (χ1) is 9.10. The SMILES string of the molecule is CC[C@H]1CCC[C@]1(N[C@H](C)c1ccccc1)C(N)=O. The molecule has 19 heavy (non-hydrogen) atoms. The lowest BCUT2D eigenvalue weighted by Crippen LogP contribution is -2.58. The van der Waals surface area contributed by atoms with Crippen LogP contribution in [-0.4, -0.2) is 11.4 Å². The molecule has 0 aliphatic heterocycles. The van der Waals surface area contributed by atoms with Crippen molar-refractivity contribution in [1.29, 1.82) is 0 Å². The van der Waals surface area contributed by atoms with Crippen molar-refractivity contribution in [3.63, 3.8) is 0 Å². The molecular formula is C16H24N2O. The summed E-state index contributed by atoms with van der Waals surface area (Å²) in [4.78, 5) is 12.0. The number of hydrogen-bond acceptors (Lipinski definition) is 2. The zero-order chi connectivity index (χ0) is 13.9. The first-order valence-electron chi connectivity index (χ1n) is 7.22. The lowest BCUT2D eigenvalue weighted by atomic mass is 9.83. The highest BCUT2D eigenvalue weighted by Crippen LogP contribution is 2.39. The first kappa shape index (κ1) is 14.1. The summed E-state index contributed by atoms with van der Waals surface area (Å²) in [6, 6.07) is 10.4. The number of carbonyl (C=O) groups excluding carboxylic acids is 1. The van der Waals surface area contributed by atoms with Crippen molar-refractivity contribution in [3.8, 4) is 0 Å². The van der Waals surface area contributed by atoms with E-state index >= 15 is 0 Å². The third-order valence-electron chi connectivity index (χ3n) is 4.53. The van der Waals surface area contributed by atoms with Crippen LogP contribution in [0, 0.1) is 5.92 Å². The normalized spacial score (nSPS) is 28.2. The van der Waals surface area contributed by atoms with Gasteiger partial charge in [-0.1, -0.05) is 50.1 Å². The molecule has 1 aromatic rings. The van der Waals surface area contributed by atoms with Gasteiger partial charge in [0, 0.05) is 6.04 Å². The van der Waals surface area contributed by atoms with Crippen LogP contribution < -0.4 is 11.1 Å². The van der Waals surface area contributed by atoms with Gasteiger partial charge < -0.3 is 5.73 Å². The van der Waals surface area contributed by atoms with Crippen LogP contribution in [0.5, 0.6) is 0 Å². The van der Waals surface area contributed by atoms with Crippen molar-refractivity contribution in [1.82, 2.24) is 5.32 Å². The highest BCUT2D eigenvalue weighted by Gasteiger charge is 2.47. The summed E-state index contributed by atoms with van der Waals surface area (Å²) in [6.07, 6.45) is 4.03. The Bertz CT molecular complexity index is 432. The van der Waals surface area contributed by atoms with Crippen molar-refractivity contribution in [3.05, 3.63) is 35.9 Å². The number of primary amides is 1. The monoisotopic (exact) mass is 260 g/mol. The van der Waals surface area contributed by atoms with E-state index in [0.717, 1.165) is 25.7 Å². The molecule has 1 aliphatic rings. The van der Waals surface area contributed by atoms with Crippen molar-refractivity contribution < 1.29 is 4.79 Å². The van der Waals surface area contributed by atoms with Crippen LogP contribution in [0.25, 0.3) is 0 Å². The lowest BCUT2D eigenvalue weighted by molar-refractivity contribution is -0.126. The number of nitrogens with one attached hydrogen (secondary N) is 1. The van der Waals surface area contributed by atoms with Crippen LogP contribution in [0.3, 0.4) is 0 Å². The fourth-order valence-corrected chi connectivity index (χ4v) is 3.43. The van der Waals surface area contributed by atoms with Gasteiger partial charge in [0.25, 0.3) is 0 Å². The van der Waals surface area contributed by atoms with E-state index in [-0.39, 0.29) is 11.9 Å². The van der Waals surface area contributed by atoms with Crippen molar-refractivity contribution in [2.24, 2.45) is 11.7 Å². The number of amides is 1. The standard InChI is InChI=1S/C16H24N2O/c1-3-14-10-7-11-16(14,15(17)19)18-12(2)13-8-5-4-6-9-13/h4-6,8-9,12,14,18H,3,7,10-11H2,1-2H3,(H2,17,19)/t12-,14+,16-/m1/s1. The molecule has 104 valence electrons. The molecule has 0 bridgehead atoms. The molecule has 1 aliphatic carbocycles. The van der Waals surface area contributed by atoms with Crippen molar-refractivity contribution >= 4 is 5.91 Å². The Balaban J connectivity index is 2.20. The summed E-state index contributed by atoms with van der Waals surface area (Å²) in [5.74, 6) is 0.163. The van der Waals surface area contributed by atoms with Gasteiger partial charge in [-0.05, 0) is 31.2 Å². The number of rotatable bonds is 5. The van der Waals surface area contributed by atoms with Crippen LogP contribution >= 0.6 is 0 Å². The number of carbonyl (C=O) groups is 1.